The molecule has 4 nitrogen and oxygen atoms in total. The van der Waals surface area contributed by atoms with E-state index in [4.69, 9.17) is 16.6 Å². The highest BCUT2D eigenvalue weighted by Crippen LogP contribution is 2.31. The van der Waals surface area contributed by atoms with Crippen LogP contribution in [0.4, 0.5) is 11.5 Å². The van der Waals surface area contributed by atoms with Gasteiger partial charge in [0.25, 0.3) is 0 Å². The fraction of sp³-hybridized carbons (Fsp3) is 0.278. The van der Waals surface area contributed by atoms with Gasteiger partial charge in [0.2, 0.25) is 0 Å². The molecule has 0 spiro atoms. The normalized spacial score (nSPS) is 11.9. The molecule has 2 heterocycles. The van der Waals surface area contributed by atoms with E-state index in [2.05, 4.69) is 37.1 Å². The number of halogens is 1. The van der Waals surface area contributed by atoms with Crippen LogP contribution in [0.1, 0.15) is 36.6 Å². The third-order valence-corrected chi connectivity index (χ3v) is 4.04. The van der Waals surface area contributed by atoms with Crippen molar-refractivity contribution in [3.05, 3.63) is 58.4 Å². The van der Waals surface area contributed by atoms with Gasteiger partial charge in [-0.2, -0.15) is 0 Å². The summed E-state index contributed by atoms with van der Waals surface area (Å²) >= 11 is 5.99. The number of pyridine rings is 1. The van der Waals surface area contributed by atoms with Crippen molar-refractivity contribution in [2.24, 2.45) is 10.2 Å². The molecule has 0 fully saturated rings. The fourth-order valence-corrected chi connectivity index (χ4v) is 2.75. The monoisotopic (exact) mass is 326 g/mol. The summed E-state index contributed by atoms with van der Waals surface area (Å²) in [6, 6.07) is 9.64. The van der Waals surface area contributed by atoms with Gasteiger partial charge in [0.05, 0.1) is 11.4 Å². The zero-order valence-electron chi connectivity index (χ0n) is 13.7. The molecule has 0 saturated carbocycles. The van der Waals surface area contributed by atoms with Crippen molar-refractivity contribution in [3.8, 4) is 0 Å². The summed E-state index contributed by atoms with van der Waals surface area (Å²) in [5, 5.41) is 9.62. The molecule has 0 N–H and O–H groups in total. The van der Waals surface area contributed by atoms with E-state index in [-0.39, 0.29) is 5.92 Å². The summed E-state index contributed by atoms with van der Waals surface area (Å²) < 4.78 is 2.00. The first-order valence-electron chi connectivity index (χ1n) is 7.63. The second-order valence-electron chi connectivity index (χ2n) is 5.99. The number of azo groups is 1. The van der Waals surface area contributed by atoms with Crippen molar-refractivity contribution in [1.82, 2.24) is 9.38 Å². The Labute approximate surface area is 140 Å². The van der Waals surface area contributed by atoms with Crippen LogP contribution in [-0.4, -0.2) is 9.38 Å². The summed E-state index contributed by atoms with van der Waals surface area (Å²) in [5.41, 5.74) is 4.82. The molecule has 0 amide bonds. The van der Waals surface area contributed by atoms with E-state index in [0.29, 0.717) is 5.02 Å². The summed E-state index contributed by atoms with van der Waals surface area (Å²) in [4.78, 5) is 4.75. The molecule has 3 rings (SSSR count). The Balaban J connectivity index is 2.13. The van der Waals surface area contributed by atoms with E-state index >= 15 is 0 Å². The average Bonchev–Trinajstić information content (AvgIpc) is 2.87. The Bertz CT molecular complexity index is 893. The molecule has 3 aromatic rings. The highest BCUT2D eigenvalue weighted by atomic mass is 35.5. The Morgan fingerprint density at radius 1 is 1.09 bits per heavy atom. The molecule has 2 aromatic heterocycles. The van der Waals surface area contributed by atoms with E-state index in [9.17, 15) is 0 Å². The van der Waals surface area contributed by atoms with Crippen LogP contribution in [0, 0.1) is 13.8 Å². The molecule has 0 atom stereocenters. The Morgan fingerprint density at radius 3 is 2.57 bits per heavy atom. The van der Waals surface area contributed by atoms with Gasteiger partial charge in [0, 0.05) is 11.2 Å². The molecular formula is C18H19ClN4. The van der Waals surface area contributed by atoms with E-state index in [0.717, 1.165) is 34.0 Å². The first-order chi connectivity index (χ1) is 11.0. The van der Waals surface area contributed by atoms with Crippen LogP contribution >= 0.6 is 11.6 Å². The van der Waals surface area contributed by atoms with E-state index in [1.165, 1.54) is 0 Å². The van der Waals surface area contributed by atoms with Crippen LogP contribution in [0.5, 0.6) is 0 Å². The third-order valence-electron chi connectivity index (χ3n) is 3.80. The molecule has 1 aromatic carbocycles. The second kappa shape index (κ2) is 6.13. The average molecular weight is 327 g/mol. The van der Waals surface area contributed by atoms with Gasteiger partial charge in [0.15, 0.2) is 5.82 Å². The number of hydrogen-bond donors (Lipinski definition) is 0. The topological polar surface area (TPSA) is 42.0 Å². The molecule has 0 unspecified atom stereocenters. The number of rotatable bonds is 3. The van der Waals surface area contributed by atoms with Crippen molar-refractivity contribution in [2.75, 3.05) is 0 Å². The maximum atomic E-state index is 5.99. The molecular weight excluding hydrogens is 308 g/mol. The van der Waals surface area contributed by atoms with Gasteiger partial charge < -0.3 is 0 Å². The number of hydrogen-bond acceptors (Lipinski definition) is 3. The minimum absolute atomic E-state index is 0.273. The summed E-state index contributed by atoms with van der Waals surface area (Å²) in [5.74, 6) is 1.06. The van der Waals surface area contributed by atoms with E-state index in [1.54, 1.807) is 0 Å². The lowest BCUT2D eigenvalue weighted by atomic mass is 10.1. The van der Waals surface area contributed by atoms with Crippen molar-refractivity contribution >= 4 is 28.8 Å². The number of aromatic nitrogens is 2. The summed E-state index contributed by atoms with van der Waals surface area (Å²) in [6.07, 6.45) is 1.98. The number of imidazole rings is 1. The smallest absolute Gasteiger partial charge is 0.183 e. The van der Waals surface area contributed by atoms with Crippen molar-refractivity contribution in [1.29, 1.82) is 0 Å². The van der Waals surface area contributed by atoms with Gasteiger partial charge in [0.1, 0.15) is 5.65 Å². The van der Waals surface area contributed by atoms with E-state index < -0.39 is 0 Å². The number of fused-ring (bicyclic) bond motifs is 1. The number of nitrogens with zero attached hydrogens (tertiary/aromatic N) is 4. The van der Waals surface area contributed by atoms with Crippen LogP contribution < -0.4 is 0 Å². The highest BCUT2D eigenvalue weighted by molar-refractivity contribution is 6.30. The van der Waals surface area contributed by atoms with Crippen molar-refractivity contribution in [3.63, 3.8) is 0 Å². The third kappa shape index (κ3) is 2.99. The summed E-state index contributed by atoms with van der Waals surface area (Å²) in [6.45, 7) is 8.26. The standard InChI is InChI=1S/C18H19ClN4/c1-11(2)16-18(23-9-5-6-12(3)17(23)20-16)22-21-15-8-7-14(19)10-13(15)4/h5-11H,1-4H3. The first-order valence-corrected chi connectivity index (χ1v) is 8.00. The lowest BCUT2D eigenvalue weighted by Crippen LogP contribution is -1.87. The SMILES string of the molecule is Cc1cc(Cl)ccc1N=Nc1c(C(C)C)nc2c(C)cccn12. The molecule has 0 aliphatic heterocycles. The lowest BCUT2D eigenvalue weighted by Gasteiger charge is -2.03. The van der Waals surface area contributed by atoms with Gasteiger partial charge >= 0.3 is 0 Å². The van der Waals surface area contributed by atoms with Crippen molar-refractivity contribution < 1.29 is 0 Å². The largest absolute Gasteiger partial charge is 0.283 e. The fourth-order valence-electron chi connectivity index (χ4n) is 2.53. The Hall–Kier alpha value is -2.20. The van der Waals surface area contributed by atoms with Crippen LogP contribution in [0.25, 0.3) is 5.65 Å². The van der Waals surface area contributed by atoms with Gasteiger partial charge in [-0.3, -0.25) is 4.40 Å². The zero-order chi connectivity index (χ0) is 16.6. The quantitative estimate of drug-likeness (QED) is 0.533. The summed E-state index contributed by atoms with van der Waals surface area (Å²) in [7, 11) is 0. The van der Waals surface area contributed by atoms with Gasteiger partial charge in [-0.15, -0.1) is 10.2 Å². The molecule has 0 bridgehead atoms. The highest BCUT2D eigenvalue weighted by Gasteiger charge is 2.16. The van der Waals surface area contributed by atoms with Gasteiger partial charge in [-0.05, 0) is 55.2 Å². The molecule has 0 saturated heterocycles. The second-order valence-corrected chi connectivity index (χ2v) is 6.43. The zero-order valence-corrected chi connectivity index (χ0v) is 14.5. The molecule has 23 heavy (non-hydrogen) atoms. The molecule has 5 heteroatoms. The van der Waals surface area contributed by atoms with Gasteiger partial charge in [-0.25, -0.2) is 4.98 Å². The molecule has 0 radical (unpaired) electrons. The van der Waals surface area contributed by atoms with Crippen LogP contribution in [0.2, 0.25) is 5.02 Å². The number of aryl methyl sites for hydroxylation is 2. The molecule has 0 aliphatic rings. The van der Waals surface area contributed by atoms with E-state index in [1.807, 2.05) is 41.8 Å². The van der Waals surface area contributed by atoms with Crippen LogP contribution in [-0.2, 0) is 0 Å². The maximum absolute atomic E-state index is 5.99. The molecule has 0 aliphatic carbocycles. The lowest BCUT2D eigenvalue weighted by molar-refractivity contribution is 0.831. The van der Waals surface area contributed by atoms with Crippen molar-refractivity contribution in [2.45, 2.75) is 33.6 Å². The van der Waals surface area contributed by atoms with Gasteiger partial charge in [-0.1, -0.05) is 31.5 Å². The minimum atomic E-state index is 0.273. The Kier molecular flexibility index (Phi) is 4.18. The maximum Gasteiger partial charge on any atom is 0.183 e. The first kappa shape index (κ1) is 15.7. The predicted octanol–water partition coefficient (Wildman–Crippen LogP) is 6.14. The Morgan fingerprint density at radius 2 is 1.87 bits per heavy atom. The number of benzene rings is 1. The van der Waals surface area contributed by atoms with Crippen LogP contribution in [0.15, 0.2) is 46.8 Å². The minimum Gasteiger partial charge on any atom is -0.283 e. The molecule has 118 valence electrons. The van der Waals surface area contributed by atoms with Crippen LogP contribution in [0.3, 0.4) is 0 Å². The predicted molar refractivity (Wildman–Crippen MR) is 94.4 cm³/mol.